The summed E-state index contributed by atoms with van der Waals surface area (Å²) in [6.45, 7) is 11.1. The fourth-order valence-electron chi connectivity index (χ4n) is 3.03. The summed E-state index contributed by atoms with van der Waals surface area (Å²) in [5.74, 6) is 1.44. The van der Waals surface area contributed by atoms with Gasteiger partial charge in [0.1, 0.15) is 0 Å². The molecule has 3 nitrogen and oxygen atoms in total. The first kappa shape index (κ1) is 15.9. The van der Waals surface area contributed by atoms with E-state index in [9.17, 15) is 0 Å². The Kier molecular flexibility index (Phi) is 6.61. The van der Waals surface area contributed by atoms with Crippen molar-refractivity contribution in [3.05, 3.63) is 0 Å². The maximum absolute atomic E-state index is 5.87. The van der Waals surface area contributed by atoms with Crippen LogP contribution >= 0.6 is 0 Å². The van der Waals surface area contributed by atoms with Gasteiger partial charge in [0, 0.05) is 13.7 Å². The van der Waals surface area contributed by atoms with E-state index in [1.807, 2.05) is 7.11 Å². The zero-order valence-electron chi connectivity index (χ0n) is 12.7. The summed E-state index contributed by atoms with van der Waals surface area (Å²) in [7, 11) is 1.84. The highest BCUT2D eigenvalue weighted by Gasteiger charge is 2.30. The van der Waals surface area contributed by atoms with Crippen molar-refractivity contribution in [2.24, 2.45) is 17.6 Å². The molecular weight excluding hydrogens is 224 g/mol. The summed E-state index contributed by atoms with van der Waals surface area (Å²) in [5, 5.41) is 0. The van der Waals surface area contributed by atoms with Crippen molar-refractivity contribution in [3.8, 4) is 0 Å². The minimum absolute atomic E-state index is 0.0640. The standard InChI is InChI=1S/C15H32N2O/c1-13(2)10-14(11-16)6-9-17-8-5-7-15(3,12-17)18-4/h13-14H,5-12,16H2,1-4H3. The third kappa shape index (κ3) is 5.25. The molecule has 0 spiro atoms. The predicted octanol–water partition coefficient (Wildman–Crippen LogP) is 2.50. The SMILES string of the molecule is COC1(C)CCCN(CCC(CN)CC(C)C)C1. The molecule has 18 heavy (non-hydrogen) atoms. The van der Waals surface area contributed by atoms with Crippen LogP contribution in [0.3, 0.4) is 0 Å². The first-order valence-corrected chi connectivity index (χ1v) is 7.46. The summed E-state index contributed by atoms with van der Waals surface area (Å²) < 4.78 is 5.64. The fourth-order valence-corrected chi connectivity index (χ4v) is 3.03. The number of hydrogen-bond donors (Lipinski definition) is 1. The van der Waals surface area contributed by atoms with Gasteiger partial charge in [-0.05, 0) is 64.1 Å². The van der Waals surface area contributed by atoms with Gasteiger partial charge in [0.15, 0.2) is 0 Å². The van der Waals surface area contributed by atoms with E-state index in [1.54, 1.807) is 0 Å². The molecule has 2 atom stereocenters. The van der Waals surface area contributed by atoms with Crippen LogP contribution in [0.1, 0.15) is 46.5 Å². The van der Waals surface area contributed by atoms with Gasteiger partial charge in [-0.1, -0.05) is 13.8 Å². The van der Waals surface area contributed by atoms with Gasteiger partial charge in [0.25, 0.3) is 0 Å². The molecule has 1 fully saturated rings. The lowest BCUT2D eigenvalue weighted by Gasteiger charge is -2.40. The quantitative estimate of drug-likeness (QED) is 0.760. The summed E-state index contributed by atoms with van der Waals surface area (Å²) in [4.78, 5) is 2.55. The molecule has 0 aromatic carbocycles. The van der Waals surface area contributed by atoms with Gasteiger partial charge in [-0.2, -0.15) is 0 Å². The number of ether oxygens (including phenoxy) is 1. The predicted molar refractivity (Wildman–Crippen MR) is 77.7 cm³/mol. The zero-order valence-corrected chi connectivity index (χ0v) is 12.7. The first-order valence-electron chi connectivity index (χ1n) is 7.46. The van der Waals surface area contributed by atoms with Gasteiger partial charge in [-0.15, -0.1) is 0 Å². The Hall–Kier alpha value is -0.120. The zero-order chi connectivity index (χ0) is 13.6. The van der Waals surface area contributed by atoms with Crippen LogP contribution in [0.15, 0.2) is 0 Å². The number of hydrogen-bond acceptors (Lipinski definition) is 3. The van der Waals surface area contributed by atoms with Crippen molar-refractivity contribution in [3.63, 3.8) is 0 Å². The second-order valence-corrected chi connectivity index (χ2v) is 6.55. The van der Waals surface area contributed by atoms with Crippen LogP contribution < -0.4 is 5.73 Å². The minimum atomic E-state index is 0.0640. The van der Waals surface area contributed by atoms with Crippen molar-refractivity contribution < 1.29 is 4.74 Å². The molecule has 0 bridgehead atoms. The summed E-state index contributed by atoms with van der Waals surface area (Å²) in [6.07, 6.45) is 4.93. The highest BCUT2D eigenvalue weighted by Crippen LogP contribution is 2.24. The molecule has 0 amide bonds. The molecule has 1 saturated heterocycles. The topological polar surface area (TPSA) is 38.5 Å². The molecule has 1 aliphatic heterocycles. The largest absolute Gasteiger partial charge is 0.377 e. The van der Waals surface area contributed by atoms with E-state index in [4.69, 9.17) is 10.5 Å². The van der Waals surface area contributed by atoms with Crippen LogP contribution in [0, 0.1) is 11.8 Å². The van der Waals surface area contributed by atoms with E-state index in [0.29, 0.717) is 5.92 Å². The molecular formula is C15H32N2O. The van der Waals surface area contributed by atoms with Crippen LogP contribution in [-0.4, -0.2) is 43.8 Å². The lowest BCUT2D eigenvalue weighted by Crippen LogP contribution is -2.47. The van der Waals surface area contributed by atoms with Crippen LogP contribution in [-0.2, 0) is 4.74 Å². The second kappa shape index (κ2) is 7.46. The Labute approximate surface area is 113 Å². The number of rotatable bonds is 7. The maximum Gasteiger partial charge on any atom is 0.0777 e. The number of likely N-dealkylation sites (tertiary alicyclic amines) is 1. The van der Waals surface area contributed by atoms with Crippen molar-refractivity contribution in [2.45, 2.75) is 52.1 Å². The molecule has 0 aliphatic carbocycles. The second-order valence-electron chi connectivity index (χ2n) is 6.55. The third-order valence-electron chi connectivity index (χ3n) is 4.22. The van der Waals surface area contributed by atoms with Crippen molar-refractivity contribution in [2.75, 3.05) is 33.3 Å². The van der Waals surface area contributed by atoms with E-state index in [-0.39, 0.29) is 5.60 Å². The van der Waals surface area contributed by atoms with E-state index in [0.717, 1.165) is 19.0 Å². The lowest BCUT2D eigenvalue weighted by molar-refractivity contribution is -0.0515. The van der Waals surface area contributed by atoms with Crippen LogP contribution in [0.4, 0.5) is 0 Å². The summed E-state index contributed by atoms with van der Waals surface area (Å²) in [6, 6.07) is 0. The number of methoxy groups -OCH3 is 1. The molecule has 0 aromatic heterocycles. The maximum atomic E-state index is 5.87. The Bertz CT molecular complexity index is 233. The molecule has 3 heteroatoms. The Balaban J connectivity index is 2.33. The molecule has 1 heterocycles. The molecule has 0 aromatic rings. The number of piperidine rings is 1. The number of nitrogens with zero attached hydrogens (tertiary/aromatic N) is 1. The van der Waals surface area contributed by atoms with Gasteiger partial charge < -0.3 is 15.4 Å². The molecule has 1 aliphatic rings. The summed E-state index contributed by atoms with van der Waals surface area (Å²) >= 11 is 0. The van der Waals surface area contributed by atoms with Crippen molar-refractivity contribution in [1.29, 1.82) is 0 Å². The first-order chi connectivity index (χ1) is 8.49. The van der Waals surface area contributed by atoms with Gasteiger partial charge >= 0.3 is 0 Å². The van der Waals surface area contributed by atoms with Gasteiger partial charge in [0.05, 0.1) is 5.60 Å². The normalized spacial score (nSPS) is 27.7. The lowest BCUT2D eigenvalue weighted by atomic mass is 9.92. The third-order valence-corrected chi connectivity index (χ3v) is 4.22. The molecule has 1 rings (SSSR count). The smallest absolute Gasteiger partial charge is 0.0777 e. The van der Waals surface area contributed by atoms with Crippen LogP contribution in [0.25, 0.3) is 0 Å². The van der Waals surface area contributed by atoms with Crippen molar-refractivity contribution in [1.82, 2.24) is 4.90 Å². The van der Waals surface area contributed by atoms with E-state index in [1.165, 1.54) is 38.8 Å². The average molecular weight is 256 g/mol. The van der Waals surface area contributed by atoms with Crippen LogP contribution in [0.2, 0.25) is 0 Å². The van der Waals surface area contributed by atoms with Gasteiger partial charge in [-0.25, -0.2) is 0 Å². The molecule has 108 valence electrons. The minimum Gasteiger partial charge on any atom is -0.377 e. The van der Waals surface area contributed by atoms with E-state index in [2.05, 4.69) is 25.7 Å². The van der Waals surface area contributed by atoms with Gasteiger partial charge in [0.2, 0.25) is 0 Å². The van der Waals surface area contributed by atoms with Gasteiger partial charge in [-0.3, -0.25) is 0 Å². The molecule has 2 unspecified atom stereocenters. The van der Waals surface area contributed by atoms with E-state index < -0.39 is 0 Å². The Morgan fingerprint density at radius 1 is 1.39 bits per heavy atom. The van der Waals surface area contributed by atoms with E-state index >= 15 is 0 Å². The monoisotopic (exact) mass is 256 g/mol. The number of nitrogens with two attached hydrogens (primary N) is 1. The average Bonchev–Trinajstić information content (AvgIpc) is 2.34. The Morgan fingerprint density at radius 3 is 2.67 bits per heavy atom. The Morgan fingerprint density at radius 2 is 2.11 bits per heavy atom. The van der Waals surface area contributed by atoms with Crippen LogP contribution in [0.5, 0.6) is 0 Å². The highest BCUT2D eigenvalue weighted by atomic mass is 16.5. The highest BCUT2D eigenvalue weighted by molar-refractivity contribution is 4.84. The molecule has 2 N–H and O–H groups in total. The summed E-state index contributed by atoms with van der Waals surface area (Å²) in [5.41, 5.74) is 5.94. The van der Waals surface area contributed by atoms with Crippen molar-refractivity contribution >= 4 is 0 Å². The fraction of sp³-hybridized carbons (Fsp3) is 1.00. The molecule has 0 radical (unpaired) electrons. The molecule has 0 saturated carbocycles.